The Hall–Kier alpha value is -2.45. The minimum atomic E-state index is -0.0131. The van der Waals surface area contributed by atoms with E-state index in [4.69, 9.17) is 10.4 Å². The maximum Gasteiger partial charge on any atom is 0.224 e. The lowest BCUT2D eigenvalue weighted by Gasteiger charge is -2.06. The summed E-state index contributed by atoms with van der Waals surface area (Å²) in [5.74, 6) is 0.349. The van der Waals surface area contributed by atoms with Crippen molar-refractivity contribution in [1.82, 2.24) is 9.97 Å². The van der Waals surface area contributed by atoms with Gasteiger partial charge in [0.05, 0.1) is 12.3 Å². The monoisotopic (exact) mass is 240 g/mol. The highest BCUT2D eigenvalue weighted by Crippen LogP contribution is 2.18. The summed E-state index contributed by atoms with van der Waals surface area (Å²) in [5.41, 5.74) is 1.90. The summed E-state index contributed by atoms with van der Waals surface area (Å²) < 4.78 is 0. The molecule has 2 aromatic rings. The number of benzene rings is 1. The van der Waals surface area contributed by atoms with Crippen LogP contribution in [0.4, 0.5) is 5.95 Å². The summed E-state index contributed by atoms with van der Waals surface area (Å²) in [4.78, 5) is 8.33. The third-order valence-electron chi connectivity index (χ3n) is 2.31. The molecule has 0 saturated carbocycles. The van der Waals surface area contributed by atoms with Crippen molar-refractivity contribution in [2.45, 2.75) is 0 Å². The van der Waals surface area contributed by atoms with Gasteiger partial charge in [0.1, 0.15) is 11.8 Å². The first-order valence-electron chi connectivity index (χ1n) is 5.53. The molecule has 5 nitrogen and oxygen atoms in total. The first-order valence-corrected chi connectivity index (χ1v) is 5.53. The van der Waals surface area contributed by atoms with Gasteiger partial charge in [-0.15, -0.1) is 0 Å². The summed E-state index contributed by atoms with van der Waals surface area (Å²) in [6.45, 7) is 0.337. The molecule has 1 aromatic carbocycles. The maximum atomic E-state index is 8.94. The normalized spacial score (nSPS) is 9.78. The van der Waals surface area contributed by atoms with Crippen molar-refractivity contribution in [3.63, 3.8) is 0 Å². The van der Waals surface area contributed by atoms with Crippen LogP contribution in [0.15, 0.2) is 36.4 Å². The zero-order valence-corrected chi connectivity index (χ0v) is 9.67. The Morgan fingerprint density at radius 1 is 1.22 bits per heavy atom. The van der Waals surface area contributed by atoms with Crippen LogP contribution in [0.3, 0.4) is 0 Å². The van der Waals surface area contributed by atoms with Crippen molar-refractivity contribution >= 4 is 5.95 Å². The number of rotatable bonds is 4. The number of aromatic nitrogens is 2. The second kappa shape index (κ2) is 5.75. The van der Waals surface area contributed by atoms with E-state index in [1.54, 1.807) is 6.07 Å². The number of anilines is 1. The van der Waals surface area contributed by atoms with Crippen LogP contribution in [-0.2, 0) is 0 Å². The summed E-state index contributed by atoms with van der Waals surface area (Å²) in [7, 11) is 0. The Morgan fingerprint density at radius 2 is 2.00 bits per heavy atom. The number of hydrogen-bond acceptors (Lipinski definition) is 5. The molecule has 0 fully saturated rings. The third-order valence-corrected chi connectivity index (χ3v) is 2.31. The molecule has 0 unspecified atom stereocenters. The van der Waals surface area contributed by atoms with Gasteiger partial charge in [-0.25, -0.2) is 9.97 Å². The number of aliphatic hydroxyl groups is 1. The highest BCUT2D eigenvalue weighted by Gasteiger charge is 2.05. The predicted octanol–water partition coefficient (Wildman–Crippen LogP) is 1.42. The van der Waals surface area contributed by atoms with E-state index < -0.39 is 0 Å². The zero-order valence-electron chi connectivity index (χ0n) is 9.67. The number of hydrogen-bond donors (Lipinski definition) is 2. The van der Waals surface area contributed by atoms with E-state index >= 15 is 0 Å². The summed E-state index contributed by atoms with van der Waals surface area (Å²) in [5, 5.41) is 20.6. The lowest BCUT2D eigenvalue weighted by molar-refractivity contribution is 0.311. The summed E-state index contributed by atoms with van der Waals surface area (Å²) in [6.07, 6.45) is 0. The molecule has 1 aromatic heterocycles. The minimum absolute atomic E-state index is 0.0131. The van der Waals surface area contributed by atoms with Gasteiger partial charge in [0.25, 0.3) is 0 Å². The third kappa shape index (κ3) is 2.81. The van der Waals surface area contributed by atoms with Crippen molar-refractivity contribution in [3.05, 3.63) is 42.1 Å². The molecule has 0 saturated heterocycles. The van der Waals surface area contributed by atoms with E-state index in [-0.39, 0.29) is 6.61 Å². The highest BCUT2D eigenvalue weighted by molar-refractivity contribution is 5.61. The van der Waals surface area contributed by atoms with Crippen molar-refractivity contribution in [2.75, 3.05) is 18.5 Å². The average Bonchev–Trinajstić information content (AvgIpc) is 2.45. The first kappa shape index (κ1) is 12.0. The van der Waals surface area contributed by atoms with Crippen LogP contribution in [0.25, 0.3) is 11.3 Å². The largest absolute Gasteiger partial charge is 0.395 e. The zero-order chi connectivity index (χ0) is 12.8. The first-order chi connectivity index (χ1) is 8.83. The topological polar surface area (TPSA) is 81.8 Å². The van der Waals surface area contributed by atoms with Gasteiger partial charge in [0, 0.05) is 18.2 Å². The summed E-state index contributed by atoms with van der Waals surface area (Å²) >= 11 is 0. The van der Waals surface area contributed by atoms with Gasteiger partial charge < -0.3 is 10.4 Å². The van der Waals surface area contributed by atoms with Crippen LogP contribution in [0, 0.1) is 11.3 Å². The Morgan fingerprint density at radius 3 is 2.67 bits per heavy atom. The molecule has 0 aliphatic heterocycles. The Balaban J connectivity index is 2.39. The van der Waals surface area contributed by atoms with Gasteiger partial charge in [-0.2, -0.15) is 5.26 Å². The van der Waals surface area contributed by atoms with Crippen LogP contribution in [0.5, 0.6) is 0 Å². The van der Waals surface area contributed by atoms with Gasteiger partial charge in [-0.3, -0.25) is 0 Å². The molecule has 5 heteroatoms. The molecule has 2 N–H and O–H groups in total. The summed E-state index contributed by atoms with van der Waals surface area (Å²) in [6, 6.07) is 13.2. The minimum Gasteiger partial charge on any atom is -0.395 e. The van der Waals surface area contributed by atoms with Crippen LogP contribution in [-0.4, -0.2) is 28.2 Å². The molecule has 0 aliphatic rings. The van der Waals surface area contributed by atoms with Crippen LogP contribution < -0.4 is 5.32 Å². The van der Waals surface area contributed by atoms with Gasteiger partial charge in [0.15, 0.2) is 0 Å². The number of nitrogens with one attached hydrogen (secondary N) is 1. The van der Waals surface area contributed by atoms with E-state index in [2.05, 4.69) is 15.3 Å². The Bertz CT molecular complexity index is 563. The maximum absolute atomic E-state index is 8.94. The van der Waals surface area contributed by atoms with Gasteiger partial charge in [-0.1, -0.05) is 30.3 Å². The predicted molar refractivity (Wildman–Crippen MR) is 67.8 cm³/mol. The Labute approximate surface area is 105 Å². The van der Waals surface area contributed by atoms with E-state index in [1.165, 1.54) is 0 Å². The van der Waals surface area contributed by atoms with E-state index in [1.807, 2.05) is 36.4 Å². The fraction of sp³-hybridized carbons (Fsp3) is 0.154. The number of aliphatic hydroxyl groups excluding tert-OH is 1. The molecule has 2 rings (SSSR count). The molecular weight excluding hydrogens is 228 g/mol. The van der Waals surface area contributed by atoms with E-state index in [0.29, 0.717) is 23.9 Å². The molecule has 0 bridgehead atoms. The molecule has 18 heavy (non-hydrogen) atoms. The number of nitrogens with zero attached hydrogens (tertiary/aromatic N) is 3. The van der Waals surface area contributed by atoms with Crippen LogP contribution in [0.1, 0.15) is 5.69 Å². The van der Waals surface area contributed by atoms with Gasteiger partial charge in [-0.05, 0) is 0 Å². The number of nitriles is 1. The quantitative estimate of drug-likeness (QED) is 0.844. The van der Waals surface area contributed by atoms with E-state index in [0.717, 1.165) is 5.56 Å². The van der Waals surface area contributed by atoms with Crippen molar-refractivity contribution in [3.8, 4) is 17.3 Å². The van der Waals surface area contributed by atoms with Crippen molar-refractivity contribution in [1.29, 1.82) is 5.26 Å². The standard InChI is InChI=1S/C13H12N4O/c14-9-11-8-12(10-4-2-1-3-5-10)17-13(16-11)15-6-7-18/h1-5,8,18H,6-7H2,(H,15,16,17). The fourth-order valence-corrected chi connectivity index (χ4v) is 1.51. The molecule has 0 aliphatic carbocycles. The lowest BCUT2D eigenvalue weighted by atomic mass is 10.1. The highest BCUT2D eigenvalue weighted by atomic mass is 16.3. The molecular formula is C13H12N4O. The van der Waals surface area contributed by atoms with Crippen molar-refractivity contribution < 1.29 is 5.11 Å². The molecule has 0 spiro atoms. The van der Waals surface area contributed by atoms with Crippen molar-refractivity contribution in [2.24, 2.45) is 0 Å². The van der Waals surface area contributed by atoms with Crippen LogP contribution in [0.2, 0.25) is 0 Å². The van der Waals surface area contributed by atoms with Crippen LogP contribution >= 0.6 is 0 Å². The molecule has 0 amide bonds. The lowest BCUT2D eigenvalue weighted by Crippen LogP contribution is -2.09. The fourth-order valence-electron chi connectivity index (χ4n) is 1.51. The smallest absolute Gasteiger partial charge is 0.224 e. The Kier molecular flexibility index (Phi) is 3.84. The van der Waals surface area contributed by atoms with E-state index in [9.17, 15) is 0 Å². The molecule has 0 atom stereocenters. The average molecular weight is 240 g/mol. The second-order valence-corrected chi connectivity index (χ2v) is 3.59. The molecule has 1 heterocycles. The second-order valence-electron chi connectivity index (χ2n) is 3.59. The molecule has 0 radical (unpaired) electrons. The van der Waals surface area contributed by atoms with Gasteiger partial charge in [0.2, 0.25) is 5.95 Å². The molecule has 90 valence electrons. The van der Waals surface area contributed by atoms with Gasteiger partial charge >= 0.3 is 0 Å². The SMILES string of the molecule is N#Cc1cc(-c2ccccc2)nc(NCCO)n1.